The fourth-order valence-electron chi connectivity index (χ4n) is 9.50. The fourth-order valence-corrected chi connectivity index (χ4v) is 9.50. The van der Waals surface area contributed by atoms with Crippen LogP contribution in [-0.4, -0.2) is 49.0 Å². The maximum Gasteiger partial charge on any atom is 0.169 e. The summed E-state index contributed by atoms with van der Waals surface area (Å²) in [6.07, 6.45) is 7.49. The van der Waals surface area contributed by atoms with Crippen LogP contribution in [0.3, 0.4) is 0 Å². The molecule has 30 heavy (non-hydrogen) atoms. The number of nitrogens with two attached hydrogens (primary N) is 1. The lowest BCUT2D eigenvalue weighted by Crippen LogP contribution is -2.63. The molecule has 0 aromatic carbocycles. The number of ether oxygens (including phenoxy) is 3. The number of hydrogen-bond donors (Lipinski definition) is 2. The molecular weight excluding hydrogens is 378 g/mol. The van der Waals surface area contributed by atoms with Crippen molar-refractivity contribution in [3.63, 3.8) is 0 Å². The zero-order valence-corrected chi connectivity index (χ0v) is 19.4. The number of aliphatic hydroxyl groups excluding tert-OH is 1. The molecule has 0 unspecified atom stereocenters. The molecule has 1 aliphatic heterocycles. The van der Waals surface area contributed by atoms with Crippen LogP contribution < -0.4 is 5.73 Å². The van der Waals surface area contributed by atoms with Crippen molar-refractivity contribution in [2.75, 3.05) is 19.8 Å². The van der Waals surface area contributed by atoms with Gasteiger partial charge < -0.3 is 25.1 Å². The summed E-state index contributed by atoms with van der Waals surface area (Å²) in [6, 6.07) is 0.201. The third kappa shape index (κ3) is 2.98. The van der Waals surface area contributed by atoms with Crippen molar-refractivity contribution in [3.8, 4) is 0 Å². The topological polar surface area (TPSA) is 73.9 Å². The van der Waals surface area contributed by atoms with E-state index in [4.69, 9.17) is 19.9 Å². The molecule has 10 atom stereocenters. The summed E-state index contributed by atoms with van der Waals surface area (Å²) < 4.78 is 18.3. The van der Waals surface area contributed by atoms with E-state index in [1.54, 1.807) is 0 Å². The molecule has 1 heterocycles. The normalized spacial score (nSPS) is 55.0. The van der Waals surface area contributed by atoms with E-state index >= 15 is 0 Å². The van der Waals surface area contributed by atoms with E-state index in [2.05, 4.69) is 20.8 Å². The van der Waals surface area contributed by atoms with Crippen molar-refractivity contribution in [2.24, 2.45) is 46.2 Å². The van der Waals surface area contributed by atoms with E-state index in [1.165, 1.54) is 25.7 Å². The number of fused-ring (bicyclic) bond motifs is 5. The van der Waals surface area contributed by atoms with Crippen LogP contribution in [-0.2, 0) is 14.2 Å². The molecule has 4 aliphatic carbocycles. The molecule has 172 valence electrons. The standard InChI is InChI=1S/C25H43NO4/c1-5-28-20-14-23(2)15(12-19(20)27)6-7-16-17-8-9-21(25(4)29-10-11-30-25)24(17,3)13-18(26)22(16)23/h15-22,27H,5-14,26H2,1-4H3/t15-,16-,17-,18+,19-,20-,21-,22+,23-,24-/m0/s1. The average Bonchev–Trinajstić information content (AvgIpc) is 3.26. The minimum absolute atomic E-state index is 0.0361. The summed E-state index contributed by atoms with van der Waals surface area (Å²) in [5, 5.41) is 10.7. The molecule has 0 bridgehead atoms. The Hall–Kier alpha value is -0.200. The van der Waals surface area contributed by atoms with E-state index < -0.39 is 5.79 Å². The second kappa shape index (κ2) is 7.41. The van der Waals surface area contributed by atoms with Gasteiger partial charge in [-0.3, -0.25) is 0 Å². The molecular formula is C25H43NO4. The second-order valence-corrected chi connectivity index (χ2v) is 11.8. The summed E-state index contributed by atoms with van der Waals surface area (Å²) >= 11 is 0. The number of aliphatic hydroxyl groups is 1. The van der Waals surface area contributed by atoms with Gasteiger partial charge in [-0.05, 0) is 93.3 Å². The van der Waals surface area contributed by atoms with Gasteiger partial charge in [-0.2, -0.15) is 0 Å². The molecule has 3 N–H and O–H groups in total. The monoisotopic (exact) mass is 421 g/mol. The first kappa shape index (κ1) is 21.6. The first-order valence-electron chi connectivity index (χ1n) is 12.6. The summed E-state index contributed by atoms with van der Waals surface area (Å²) in [5.74, 6) is 2.46. The first-order valence-corrected chi connectivity index (χ1v) is 12.6. The van der Waals surface area contributed by atoms with Crippen LogP contribution in [0, 0.1) is 40.4 Å². The highest BCUT2D eigenvalue weighted by Crippen LogP contribution is 2.68. The van der Waals surface area contributed by atoms with Gasteiger partial charge in [0.25, 0.3) is 0 Å². The van der Waals surface area contributed by atoms with Gasteiger partial charge in [0.2, 0.25) is 0 Å². The lowest BCUT2D eigenvalue weighted by atomic mass is 9.43. The quantitative estimate of drug-likeness (QED) is 0.726. The smallest absolute Gasteiger partial charge is 0.169 e. The van der Waals surface area contributed by atoms with E-state index in [-0.39, 0.29) is 29.1 Å². The van der Waals surface area contributed by atoms with Crippen LogP contribution in [0.2, 0.25) is 0 Å². The zero-order valence-electron chi connectivity index (χ0n) is 19.4. The molecule has 0 aromatic rings. The first-order chi connectivity index (χ1) is 14.2. The SMILES string of the molecule is CCO[C@H]1C[C@@]2(C)[C@@H](CC[C@@H]3[C@@H]2[C@H](N)C[C@]2(C)[C@@H](C4(C)OCCO4)CC[C@@H]32)C[C@@H]1O. The Kier molecular flexibility index (Phi) is 5.35. The molecule has 1 saturated heterocycles. The largest absolute Gasteiger partial charge is 0.390 e. The fraction of sp³-hybridized carbons (Fsp3) is 1.00. The molecule has 5 nitrogen and oxygen atoms in total. The van der Waals surface area contributed by atoms with Gasteiger partial charge in [0.05, 0.1) is 25.4 Å². The average molecular weight is 422 g/mol. The molecule has 5 fully saturated rings. The van der Waals surface area contributed by atoms with Crippen LogP contribution in [0.5, 0.6) is 0 Å². The Morgan fingerprint density at radius 3 is 2.43 bits per heavy atom. The number of hydrogen-bond acceptors (Lipinski definition) is 5. The summed E-state index contributed by atoms with van der Waals surface area (Å²) in [5.41, 5.74) is 7.46. The summed E-state index contributed by atoms with van der Waals surface area (Å²) in [7, 11) is 0. The third-order valence-corrected chi connectivity index (χ3v) is 10.5. The molecule has 0 aromatic heterocycles. The lowest BCUT2D eigenvalue weighted by Gasteiger charge is -2.64. The Bertz CT molecular complexity index is 651. The highest BCUT2D eigenvalue weighted by atomic mass is 16.7. The number of rotatable bonds is 3. The molecule has 0 radical (unpaired) electrons. The third-order valence-electron chi connectivity index (χ3n) is 10.5. The van der Waals surface area contributed by atoms with Gasteiger partial charge in [0, 0.05) is 18.6 Å². The molecule has 5 heteroatoms. The van der Waals surface area contributed by atoms with Crippen molar-refractivity contribution in [1.29, 1.82) is 0 Å². The highest BCUT2D eigenvalue weighted by molar-refractivity contribution is 5.15. The van der Waals surface area contributed by atoms with Crippen LogP contribution in [0.1, 0.15) is 72.6 Å². The van der Waals surface area contributed by atoms with Crippen LogP contribution in [0.25, 0.3) is 0 Å². The maximum absolute atomic E-state index is 10.7. The Morgan fingerprint density at radius 2 is 1.73 bits per heavy atom. The van der Waals surface area contributed by atoms with Gasteiger partial charge in [-0.15, -0.1) is 0 Å². The molecule has 4 saturated carbocycles. The van der Waals surface area contributed by atoms with E-state index in [1.807, 2.05) is 6.92 Å². The van der Waals surface area contributed by atoms with Crippen LogP contribution in [0.4, 0.5) is 0 Å². The maximum atomic E-state index is 10.7. The summed E-state index contributed by atoms with van der Waals surface area (Å²) in [4.78, 5) is 0. The Labute approximate surface area is 182 Å². The minimum atomic E-state index is -0.438. The van der Waals surface area contributed by atoms with Gasteiger partial charge in [0.15, 0.2) is 5.79 Å². The van der Waals surface area contributed by atoms with Crippen LogP contribution in [0.15, 0.2) is 0 Å². The predicted octanol–water partition coefficient (Wildman–Crippen LogP) is 3.72. The van der Waals surface area contributed by atoms with Gasteiger partial charge in [0.1, 0.15) is 0 Å². The molecule has 5 rings (SSSR count). The van der Waals surface area contributed by atoms with Crippen molar-refractivity contribution >= 4 is 0 Å². The van der Waals surface area contributed by atoms with Crippen LogP contribution >= 0.6 is 0 Å². The predicted molar refractivity (Wildman–Crippen MR) is 116 cm³/mol. The molecule has 0 amide bonds. The van der Waals surface area contributed by atoms with E-state index in [0.29, 0.717) is 49.4 Å². The Morgan fingerprint density at radius 1 is 1.00 bits per heavy atom. The van der Waals surface area contributed by atoms with Gasteiger partial charge in [-0.1, -0.05) is 13.8 Å². The van der Waals surface area contributed by atoms with E-state index in [9.17, 15) is 5.11 Å². The molecule has 5 aliphatic rings. The van der Waals surface area contributed by atoms with Crippen molar-refractivity contribution < 1.29 is 19.3 Å². The highest BCUT2D eigenvalue weighted by Gasteiger charge is 2.66. The van der Waals surface area contributed by atoms with Crippen molar-refractivity contribution in [2.45, 2.75) is 96.7 Å². The van der Waals surface area contributed by atoms with E-state index in [0.717, 1.165) is 19.3 Å². The van der Waals surface area contributed by atoms with Crippen molar-refractivity contribution in [1.82, 2.24) is 0 Å². The summed E-state index contributed by atoms with van der Waals surface area (Å²) in [6.45, 7) is 11.3. The van der Waals surface area contributed by atoms with Gasteiger partial charge in [-0.25, -0.2) is 0 Å². The zero-order chi connectivity index (χ0) is 21.3. The second-order valence-electron chi connectivity index (χ2n) is 11.8. The lowest BCUT2D eigenvalue weighted by molar-refractivity contribution is -0.224. The van der Waals surface area contributed by atoms with Gasteiger partial charge >= 0.3 is 0 Å². The molecule has 0 spiro atoms. The minimum Gasteiger partial charge on any atom is -0.390 e. The van der Waals surface area contributed by atoms with Crippen molar-refractivity contribution in [3.05, 3.63) is 0 Å². The Balaban J connectivity index is 1.44.